The molecular formula is C25H26FN7O16S5. The highest BCUT2D eigenvalue weighted by atomic mass is 32.3. The quantitative estimate of drug-likeness (QED) is 0.0732. The highest BCUT2D eigenvalue weighted by Gasteiger charge is 2.29. The Labute approximate surface area is 305 Å². The predicted octanol–water partition coefficient (Wildman–Crippen LogP) is 1.75. The maximum atomic E-state index is 14.5. The van der Waals surface area contributed by atoms with Gasteiger partial charge >= 0.3 is 16.5 Å². The van der Waals surface area contributed by atoms with E-state index in [2.05, 4.69) is 34.7 Å². The molecule has 0 atom stereocenters. The molecule has 0 amide bonds. The molecule has 29 heteroatoms. The van der Waals surface area contributed by atoms with Crippen molar-refractivity contribution in [2.45, 2.75) is 21.6 Å². The van der Waals surface area contributed by atoms with Gasteiger partial charge in [-0.3, -0.25) is 18.2 Å². The molecule has 0 aliphatic heterocycles. The van der Waals surface area contributed by atoms with Crippen molar-refractivity contribution in [2.24, 2.45) is 10.2 Å². The average Bonchev–Trinajstić information content (AvgIpc) is 3.01. The molecule has 4 rings (SSSR count). The summed E-state index contributed by atoms with van der Waals surface area (Å²) < 4.78 is 177. The molecule has 0 radical (unpaired) electrons. The normalized spacial score (nSPS) is 13.1. The van der Waals surface area contributed by atoms with E-state index >= 15 is 0 Å². The fourth-order valence-corrected chi connectivity index (χ4v) is 8.20. The van der Waals surface area contributed by atoms with Crippen LogP contribution in [0.25, 0.3) is 10.8 Å². The lowest BCUT2D eigenvalue weighted by atomic mass is 10.1. The first-order chi connectivity index (χ1) is 24.7. The highest BCUT2D eigenvalue weighted by molar-refractivity contribution is 7.91. The molecule has 54 heavy (non-hydrogen) atoms. The maximum absolute atomic E-state index is 14.5. The molecule has 3 aromatic carbocycles. The van der Waals surface area contributed by atoms with E-state index in [0.29, 0.717) is 11.6 Å². The topological polar surface area (TPSA) is 360 Å². The number of anilines is 3. The first-order valence-corrected chi connectivity index (χ1v) is 21.7. The first-order valence-electron chi connectivity index (χ1n) is 14.2. The van der Waals surface area contributed by atoms with Crippen molar-refractivity contribution in [3.8, 4) is 5.75 Å². The van der Waals surface area contributed by atoms with Gasteiger partial charge in [0, 0.05) is 24.4 Å². The minimum absolute atomic E-state index is 0.356. The Kier molecular flexibility index (Phi) is 11.9. The number of nitrogens with one attached hydrogen (secondary N) is 1. The maximum Gasteiger partial charge on any atom is 0.397 e. The molecule has 23 nitrogen and oxygen atoms in total. The Balaban J connectivity index is 1.78. The Bertz CT molecular complexity index is 2750. The summed E-state index contributed by atoms with van der Waals surface area (Å²) in [5, 5.41) is 19.2. The minimum Gasteiger partial charge on any atom is -0.505 e. The zero-order chi connectivity index (χ0) is 40.6. The SMILES string of the molecule is Cc1ccc(N=Nc2c(S(=O)(=O)O)cc3c(S(=O)(=O)O)c(Nc4nc(F)nc(N(C)CCS(=O)(=O)CCOS(=O)(=O)O)n4)ccc3c2O)c(S(=O)(=O)O)c1. The highest BCUT2D eigenvalue weighted by Crippen LogP contribution is 2.45. The molecular weight excluding hydrogens is 834 g/mol. The number of hydrogen-bond donors (Lipinski definition) is 6. The molecule has 6 N–H and O–H groups in total. The lowest BCUT2D eigenvalue weighted by Crippen LogP contribution is -2.29. The number of phenolic OH excluding ortho intramolecular Hbond substituents is 1. The number of halogens is 1. The van der Waals surface area contributed by atoms with Gasteiger partial charge in [0.25, 0.3) is 30.4 Å². The summed E-state index contributed by atoms with van der Waals surface area (Å²) in [6, 6.07) is 5.71. The van der Waals surface area contributed by atoms with Gasteiger partial charge < -0.3 is 15.3 Å². The Hall–Kier alpha value is -4.59. The van der Waals surface area contributed by atoms with Crippen molar-refractivity contribution in [3.63, 3.8) is 0 Å². The molecule has 0 aliphatic carbocycles. The fraction of sp³-hybridized carbons (Fsp3) is 0.240. The van der Waals surface area contributed by atoms with Crippen LogP contribution in [0.4, 0.5) is 33.3 Å². The Morgan fingerprint density at radius 2 is 1.44 bits per heavy atom. The largest absolute Gasteiger partial charge is 0.505 e. The van der Waals surface area contributed by atoms with Crippen LogP contribution in [0.15, 0.2) is 61.3 Å². The molecule has 1 heterocycles. The number of aromatic hydroxyl groups is 1. The molecule has 0 fully saturated rings. The van der Waals surface area contributed by atoms with Crippen LogP contribution in [0.2, 0.25) is 0 Å². The van der Waals surface area contributed by atoms with Crippen LogP contribution in [0.5, 0.6) is 5.75 Å². The number of nitrogens with zero attached hydrogens (tertiary/aromatic N) is 6. The monoisotopic (exact) mass is 859 g/mol. The molecule has 1 aromatic heterocycles. The number of fused-ring (bicyclic) bond motifs is 1. The van der Waals surface area contributed by atoms with Crippen LogP contribution >= 0.6 is 0 Å². The van der Waals surface area contributed by atoms with Gasteiger partial charge in [0.1, 0.15) is 26.1 Å². The molecule has 0 spiro atoms. The molecule has 0 saturated heterocycles. The van der Waals surface area contributed by atoms with Crippen LogP contribution in [-0.4, -0.2) is 112 Å². The van der Waals surface area contributed by atoms with Crippen LogP contribution < -0.4 is 10.2 Å². The number of azo groups is 1. The van der Waals surface area contributed by atoms with Gasteiger partial charge in [0.15, 0.2) is 15.6 Å². The average molecular weight is 860 g/mol. The molecule has 0 aliphatic rings. The van der Waals surface area contributed by atoms with Gasteiger partial charge in [-0.25, -0.2) is 12.6 Å². The summed E-state index contributed by atoms with van der Waals surface area (Å²) in [6.07, 6.45) is -1.49. The Morgan fingerprint density at radius 1 is 0.796 bits per heavy atom. The van der Waals surface area contributed by atoms with Crippen LogP contribution in [0, 0.1) is 13.0 Å². The van der Waals surface area contributed by atoms with Crippen molar-refractivity contribution in [3.05, 3.63) is 48.0 Å². The van der Waals surface area contributed by atoms with Crippen molar-refractivity contribution in [2.75, 3.05) is 41.9 Å². The summed E-state index contributed by atoms with van der Waals surface area (Å²) in [4.78, 5) is 8.42. The molecule has 0 bridgehead atoms. The number of sulfone groups is 1. The first kappa shape index (κ1) is 42.2. The van der Waals surface area contributed by atoms with Crippen LogP contribution in [0.1, 0.15) is 5.56 Å². The molecule has 0 saturated carbocycles. The lowest BCUT2D eigenvalue weighted by Gasteiger charge is -2.18. The summed E-state index contributed by atoms with van der Waals surface area (Å²) in [6.45, 7) is 0.144. The van der Waals surface area contributed by atoms with E-state index in [0.717, 1.165) is 29.2 Å². The smallest absolute Gasteiger partial charge is 0.397 e. The van der Waals surface area contributed by atoms with Gasteiger partial charge in [-0.05, 0) is 42.8 Å². The second-order valence-electron chi connectivity index (χ2n) is 10.9. The van der Waals surface area contributed by atoms with Crippen LogP contribution in [0.3, 0.4) is 0 Å². The molecule has 0 unspecified atom stereocenters. The zero-order valence-electron chi connectivity index (χ0n) is 27.1. The number of aryl methyl sites for hydroxylation is 1. The summed E-state index contributed by atoms with van der Waals surface area (Å²) in [7, 11) is -23.5. The van der Waals surface area contributed by atoms with Crippen molar-refractivity contribution in [1.82, 2.24) is 15.0 Å². The van der Waals surface area contributed by atoms with Crippen molar-refractivity contribution in [1.29, 1.82) is 0 Å². The third-order valence-electron chi connectivity index (χ3n) is 6.92. The number of hydrogen-bond acceptors (Lipinski definition) is 19. The minimum atomic E-state index is -5.44. The summed E-state index contributed by atoms with van der Waals surface area (Å²) in [5.74, 6) is -3.96. The van der Waals surface area contributed by atoms with E-state index in [1.807, 2.05) is 0 Å². The standard InChI is InChI=1S/C25H26FN7O16S5/c1-13-3-5-16(18(11-13)51(37,38)39)31-32-20-19(52(40,41)42)12-15-14(21(20)34)4-6-17(22(15)53(43,44)45)27-24-28-23(26)29-25(30-24)33(2)7-9-50(35,36)10-8-49-54(46,47)48/h3-6,11-12,34H,7-10H2,1-2H3,(H,37,38,39)(H,40,41,42)(H,43,44,45)(H,46,47,48)(H,27,28,29,30). The molecule has 4 aromatic rings. The van der Waals surface area contributed by atoms with E-state index in [9.17, 15) is 65.2 Å². The van der Waals surface area contributed by atoms with Gasteiger partial charge in [0.2, 0.25) is 11.9 Å². The number of rotatable bonds is 15. The van der Waals surface area contributed by atoms with E-state index in [-0.39, 0.29) is 0 Å². The zero-order valence-corrected chi connectivity index (χ0v) is 31.2. The lowest BCUT2D eigenvalue weighted by molar-refractivity contribution is 0.284. The van der Waals surface area contributed by atoms with Gasteiger partial charge in [-0.2, -0.15) is 53.0 Å². The van der Waals surface area contributed by atoms with Gasteiger partial charge in [-0.15, -0.1) is 10.2 Å². The van der Waals surface area contributed by atoms with Gasteiger partial charge in [-0.1, -0.05) is 6.07 Å². The van der Waals surface area contributed by atoms with Crippen LogP contribution in [-0.2, 0) is 54.8 Å². The second-order valence-corrected chi connectivity index (χ2v) is 18.4. The van der Waals surface area contributed by atoms with Gasteiger partial charge in [0.05, 0.1) is 23.8 Å². The third-order valence-corrected chi connectivity index (χ3v) is 11.7. The van der Waals surface area contributed by atoms with E-state index < -0.39 is 141 Å². The number of aromatic nitrogens is 3. The fourth-order valence-electron chi connectivity index (χ4n) is 4.51. The molecule has 294 valence electrons. The van der Waals surface area contributed by atoms with E-state index in [1.165, 1.54) is 20.0 Å². The summed E-state index contributed by atoms with van der Waals surface area (Å²) >= 11 is 0. The van der Waals surface area contributed by atoms with Crippen molar-refractivity contribution < 1.29 is 74.0 Å². The predicted molar refractivity (Wildman–Crippen MR) is 183 cm³/mol. The second kappa shape index (κ2) is 15.3. The number of phenols is 1. The van der Waals surface area contributed by atoms with E-state index in [4.69, 9.17) is 4.55 Å². The Morgan fingerprint density at radius 3 is 2.04 bits per heavy atom. The summed E-state index contributed by atoms with van der Waals surface area (Å²) in [5.41, 5.74) is -1.88. The number of benzene rings is 3. The third kappa shape index (κ3) is 10.5. The van der Waals surface area contributed by atoms with Crippen molar-refractivity contribution >= 4 is 90.3 Å². The van der Waals surface area contributed by atoms with E-state index in [1.54, 1.807) is 0 Å².